The molecule has 0 bridgehead atoms. The Balaban J connectivity index is 2.44. The highest BCUT2D eigenvalue weighted by molar-refractivity contribution is 6.29. The largest absolute Gasteiger partial charge is 0.289 e. The Bertz CT molecular complexity index is 499. The fourth-order valence-corrected chi connectivity index (χ4v) is 1.47. The van der Waals surface area contributed by atoms with Gasteiger partial charge >= 0.3 is 0 Å². The van der Waals surface area contributed by atoms with Crippen LogP contribution in [0, 0.1) is 0 Å². The number of aromatic nitrogens is 4. The minimum absolute atomic E-state index is 0.00205. The van der Waals surface area contributed by atoms with Crippen molar-refractivity contribution < 1.29 is 0 Å². The molecule has 0 fully saturated rings. The quantitative estimate of drug-likeness (QED) is 0.765. The summed E-state index contributed by atoms with van der Waals surface area (Å²) >= 11 is 5.76. The smallest absolute Gasteiger partial charge is 0.147 e. The molecule has 2 heterocycles. The van der Waals surface area contributed by atoms with Gasteiger partial charge in [-0.3, -0.25) is 4.57 Å². The second-order valence-corrected chi connectivity index (χ2v) is 5.00. The second-order valence-electron chi connectivity index (χ2n) is 4.62. The molecule has 5 heteroatoms. The van der Waals surface area contributed by atoms with Crippen LogP contribution in [-0.4, -0.2) is 19.5 Å². The predicted octanol–water partition coefficient (Wildman–Crippen LogP) is 2.61. The van der Waals surface area contributed by atoms with Crippen molar-refractivity contribution >= 4 is 11.6 Å². The first-order valence-electron chi connectivity index (χ1n) is 4.99. The van der Waals surface area contributed by atoms with Gasteiger partial charge < -0.3 is 0 Å². The van der Waals surface area contributed by atoms with E-state index in [0.29, 0.717) is 5.15 Å². The summed E-state index contributed by atoms with van der Waals surface area (Å²) in [7, 11) is 0. The maximum absolute atomic E-state index is 5.76. The molecule has 0 saturated heterocycles. The summed E-state index contributed by atoms with van der Waals surface area (Å²) in [6.45, 7) is 6.33. The highest BCUT2D eigenvalue weighted by Crippen LogP contribution is 2.21. The van der Waals surface area contributed by atoms with E-state index in [1.807, 2.05) is 6.07 Å². The summed E-state index contributed by atoms with van der Waals surface area (Å²) < 4.78 is 1.78. The van der Waals surface area contributed by atoms with E-state index in [-0.39, 0.29) is 5.41 Å². The summed E-state index contributed by atoms with van der Waals surface area (Å²) in [5.41, 5.74) is 0.990. The SMILES string of the molecule is CC(C)(C)c1cc(-n2cnc(Cl)c2)ncn1. The van der Waals surface area contributed by atoms with E-state index in [1.165, 1.54) is 0 Å². The molecule has 0 unspecified atom stereocenters. The molecule has 0 spiro atoms. The Kier molecular flexibility index (Phi) is 2.68. The van der Waals surface area contributed by atoms with Crippen molar-refractivity contribution in [3.05, 3.63) is 35.8 Å². The Morgan fingerprint density at radius 3 is 2.50 bits per heavy atom. The fraction of sp³-hybridized carbons (Fsp3) is 0.364. The Hall–Kier alpha value is -1.42. The highest BCUT2D eigenvalue weighted by Gasteiger charge is 2.16. The van der Waals surface area contributed by atoms with Crippen LogP contribution in [0.25, 0.3) is 5.82 Å². The van der Waals surface area contributed by atoms with E-state index in [1.54, 1.807) is 23.4 Å². The Morgan fingerprint density at radius 1 is 1.19 bits per heavy atom. The first kappa shape index (κ1) is 11.1. The monoisotopic (exact) mass is 236 g/mol. The molecule has 0 aliphatic rings. The van der Waals surface area contributed by atoms with Gasteiger partial charge in [-0.15, -0.1) is 0 Å². The lowest BCUT2D eigenvalue weighted by Gasteiger charge is -2.17. The van der Waals surface area contributed by atoms with Gasteiger partial charge in [0.2, 0.25) is 0 Å². The maximum atomic E-state index is 5.76. The Morgan fingerprint density at radius 2 is 1.94 bits per heavy atom. The van der Waals surface area contributed by atoms with Gasteiger partial charge in [0, 0.05) is 17.7 Å². The zero-order valence-corrected chi connectivity index (χ0v) is 10.2. The lowest BCUT2D eigenvalue weighted by atomic mass is 9.92. The lowest BCUT2D eigenvalue weighted by molar-refractivity contribution is 0.566. The first-order valence-corrected chi connectivity index (χ1v) is 5.37. The number of hydrogen-bond acceptors (Lipinski definition) is 3. The van der Waals surface area contributed by atoms with Gasteiger partial charge in [0.15, 0.2) is 0 Å². The zero-order chi connectivity index (χ0) is 11.8. The fourth-order valence-electron chi connectivity index (χ4n) is 1.32. The van der Waals surface area contributed by atoms with E-state index in [4.69, 9.17) is 11.6 Å². The van der Waals surface area contributed by atoms with Crippen LogP contribution in [0.3, 0.4) is 0 Å². The van der Waals surface area contributed by atoms with Gasteiger partial charge in [0.05, 0.1) is 5.69 Å². The van der Waals surface area contributed by atoms with Gasteiger partial charge in [0.1, 0.15) is 23.6 Å². The molecule has 0 aliphatic heterocycles. The topological polar surface area (TPSA) is 43.6 Å². The summed E-state index contributed by atoms with van der Waals surface area (Å²) in [4.78, 5) is 12.4. The second kappa shape index (κ2) is 3.87. The average molecular weight is 237 g/mol. The normalized spacial score (nSPS) is 11.8. The van der Waals surface area contributed by atoms with Gasteiger partial charge in [-0.05, 0) is 0 Å². The van der Waals surface area contributed by atoms with Crippen molar-refractivity contribution in [3.63, 3.8) is 0 Å². The standard InChI is InChI=1S/C11H13ClN4/c1-11(2,3)8-4-10(14-6-13-8)16-5-9(12)15-7-16/h4-7H,1-3H3. The minimum Gasteiger partial charge on any atom is -0.289 e. The molecule has 2 aromatic heterocycles. The molecule has 0 amide bonds. The third-order valence-corrected chi connectivity index (χ3v) is 2.43. The van der Waals surface area contributed by atoms with Gasteiger partial charge in [-0.25, -0.2) is 15.0 Å². The van der Waals surface area contributed by atoms with Gasteiger partial charge in [-0.2, -0.15) is 0 Å². The number of imidazole rings is 1. The highest BCUT2D eigenvalue weighted by atomic mass is 35.5. The third-order valence-electron chi connectivity index (χ3n) is 2.24. The Labute approximate surface area is 99.3 Å². The van der Waals surface area contributed by atoms with E-state index in [9.17, 15) is 0 Å². The van der Waals surface area contributed by atoms with Crippen molar-refractivity contribution in [1.82, 2.24) is 19.5 Å². The van der Waals surface area contributed by atoms with Crippen LogP contribution in [0.15, 0.2) is 24.9 Å². The van der Waals surface area contributed by atoms with Crippen LogP contribution in [0.5, 0.6) is 0 Å². The van der Waals surface area contributed by atoms with Crippen molar-refractivity contribution in [3.8, 4) is 5.82 Å². The number of nitrogens with zero attached hydrogens (tertiary/aromatic N) is 4. The van der Waals surface area contributed by atoms with Gasteiger partial charge in [0.25, 0.3) is 0 Å². The molecular formula is C11H13ClN4. The van der Waals surface area contributed by atoms with Crippen LogP contribution in [0.1, 0.15) is 26.5 Å². The third kappa shape index (κ3) is 2.22. The number of halogens is 1. The molecule has 2 rings (SSSR count). The molecule has 0 saturated carbocycles. The van der Waals surface area contributed by atoms with Gasteiger partial charge in [-0.1, -0.05) is 32.4 Å². The van der Waals surface area contributed by atoms with Crippen LogP contribution < -0.4 is 0 Å². The summed E-state index contributed by atoms with van der Waals surface area (Å²) in [5.74, 6) is 0.777. The van der Waals surface area contributed by atoms with E-state index < -0.39 is 0 Å². The molecular weight excluding hydrogens is 224 g/mol. The summed E-state index contributed by atoms with van der Waals surface area (Å²) in [6.07, 6.45) is 4.91. The molecule has 0 aliphatic carbocycles. The summed E-state index contributed by atoms with van der Waals surface area (Å²) in [5, 5.41) is 0.455. The molecule has 0 radical (unpaired) electrons. The van der Waals surface area contributed by atoms with Crippen molar-refractivity contribution in [1.29, 1.82) is 0 Å². The number of rotatable bonds is 1. The average Bonchev–Trinajstić information content (AvgIpc) is 2.64. The molecule has 0 atom stereocenters. The van der Waals surface area contributed by atoms with Crippen molar-refractivity contribution in [2.24, 2.45) is 0 Å². The van der Waals surface area contributed by atoms with Crippen LogP contribution in [-0.2, 0) is 5.41 Å². The minimum atomic E-state index is 0.00205. The maximum Gasteiger partial charge on any atom is 0.147 e. The molecule has 4 nitrogen and oxygen atoms in total. The zero-order valence-electron chi connectivity index (χ0n) is 9.48. The predicted molar refractivity (Wildman–Crippen MR) is 62.9 cm³/mol. The van der Waals surface area contributed by atoms with Crippen molar-refractivity contribution in [2.45, 2.75) is 26.2 Å². The van der Waals surface area contributed by atoms with E-state index in [2.05, 4.69) is 35.7 Å². The summed E-state index contributed by atoms with van der Waals surface area (Å²) in [6, 6.07) is 1.94. The van der Waals surface area contributed by atoms with E-state index in [0.717, 1.165) is 11.5 Å². The van der Waals surface area contributed by atoms with Crippen LogP contribution in [0.4, 0.5) is 0 Å². The molecule has 84 valence electrons. The van der Waals surface area contributed by atoms with Crippen LogP contribution in [0.2, 0.25) is 5.15 Å². The van der Waals surface area contributed by atoms with Crippen LogP contribution >= 0.6 is 11.6 Å². The number of hydrogen-bond donors (Lipinski definition) is 0. The molecule has 0 aromatic carbocycles. The first-order chi connectivity index (χ1) is 7.47. The molecule has 0 N–H and O–H groups in total. The molecule has 16 heavy (non-hydrogen) atoms. The van der Waals surface area contributed by atoms with E-state index >= 15 is 0 Å². The molecule has 2 aromatic rings. The lowest BCUT2D eigenvalue weighted by Crippen LogP contribution is -2.14. The van der Waals surface area contributed by atoms with Crippen molar-refractivity contribution in [2.75, 3.05) is 0 Å².